The van der Waals surface area contributed by atoms with Crippen molar-refractivity contribution in [1.29, 1.82) is 0 Å². The number of rotatable bonds is 2. The Morgan fingerprint density at radius 1 is 1.78 bits per heavy atom. The van der Waals surface area contributed by atoms with Gasteiger partial charge in [-0.25, -0.2) is 0 Å². The fourth-order valence-electron chi connectivity index (χ4n) is 0.738. The summed E-state index contributed by atoms with van der Waals surface area (Å²) < 4.78 is 0. The molecule has 0 aromatic rings. The molecule has 0 aromatic carbocycles. The topological polar surface area (TPSA) is 35.8 Å². The molecule has 1 aliphatic heterocycles. The van der Waals surface area contributed by atoms with E-state index in [2.05, 4.69) is 4.99 Å². The van der Waals surface area contributed by atoms with Gasteiger partial charge < -0.3 is 10.0 Å². The second kappa shape index (κ2) is 3.12. The molecule has 0 saturated carbocycles. The monoisotopic (exact) mass is 126 g/mol. The standard InChI is InChI=1S/C6H10N2O/c9-5-1-3-8-4-2-7-6-8/h1,5-6,9H,2-4H2. The fourth-order valence-corrected chi connectivity index (χ4v) is 0.738. The van der Waals surface area contributed by atoms with Gasteiger partial charge in [0.05, 0.1) is 19.1 Å². The largest absolute Gasteiger partial charge is 0.516 e. The number of nitrogens with zero attached hydrogens (tertiary/aromatic N) is 2. The van der Waals surface area contributed by atoms with Gasteiger partial charge in [0, 0.05) is 13.1 Å². The Morgan fingerprint density at radius 2 is 2.67 bits per heavy atom. The molecule has 1 N–H and O–H groups in total. The van der Waals surface area contributed by atoms with Gasteiger partial charge in [-0.15, -0.1) is 0 Å². The van der Waals surface area contributed by atoms with E-state index < -0.39 is 0 Å². The second-order valence-electron chi connectivity index (χ2n) is 1.90. The lowest BCUT2D eigenvalue weighted by Gasteiger charge is -2.08. The molecule has 9 heavy (non-hydrogen) atoms. The van der Waals surface area contributed by atoms with Crippen LogP contribution in [0.25, 0.3) is 0 Å². The molecule has 0 fully saturated rings. The summed E-state index contributed by atoms with van der Waals surface area (Å²) in [4.78, 5) is 6.04. The first-order valence-electron chi connectivity index (χ1n) is 2.96. The first-order chi connectivity index (χ1) is 4.43. The summed E-state index contributed by atoms with van der Waals surface area (Å²) in [6, 6.07) is 0. The molecule has 0 aliphatic carbocycles. The van der Waals surface area contributed by atoms with Crippen molar-refractivity contribution >= 4 is 6.34 Å². The Kier molecular flexibility index (Phi) is 2.13. The molecule has 3 heteroatoms. The molecule has 0 bridgehead atoms. The molecule has 0 radical (unpaired) electrons. The summed E-state index contributed by atoms with van der Waals surface area (Å²) >= 11 is 0. The highest BCUT2D eigenvalue weighted by atomic mass is 16.2. The Bertz CT molecular complexity index is 131. The number of aliphatic hydroxyl groups is 1. The van der Waals surface area contributed by atoms with Gasteiger partial charge in [-0.05, 0) is 6.08 Å². The quantitative estimate of drug-likeness (QED) is 0.544. The highest BCUT2D eigenvalue weighted by Gasteiger charge is 2.00. The van der Waals surface area contributed by atoms with E-state index in [9.17, 15) is 0 Å². The molecular weight excluding hydrogens is 116 g/mol. The zero-order valence-corrected chi connectivity index (χ0v) is 5.20. The predicted molar refractivity (Wildman–Crippen MR) is 36.7 cm³/mol. The molecule has 0 spiro atoms. The van der Waals surface area contributed by atoms with Gasteiger partial charge >= 0.3 is 0 Å². The Morgan fingerprint density at radius 3 is 3.22 bits per heavy atom. The van der Waals surface area contributed by atoms with E-state index in [0.717, 1.165) is 25.9 Å². The summed E-state index contributed by atoms with van der Waals surface area (Å²) in [6.07, 6.45) is 4.56. The van der Waals surface area contributed by atoms with Crippen LogP contribution in [0.15, 0.2) is 17.3 Å². The second-order valence-corrected chi connectivity index (χ2v) is 1.90. The van der Waals surface area contributed by atoms with Gasteiger partial charge in [0.25, 0.3) is 0 Å². The lowest BCUT2D eigenvalue weighted by molar-refractivity contribution is 0.459. The number of hydrogen-bond acceptors (Lipinski definition) is 3. The lowest BCUT2D eigenvalue weighted by Crippen LogP contribution is -2.19. The average molecular weight is 126 g/mol. The van der Waals surface area contributed by atoms with Gasteiger partial charge in [0.1, 0.15) is 0 Å². The van der Waals surface area contributed by atoms with Gasteiger partial charge in [-0.3, -0.25) is 4.99 Å². The summed E-state index contributed by atoms with van der Waals surface area (Å²) in [5.41, 5.74) is 0. The van der Waals surface area contributed by atoms with Gasteiger partial charge in [-0.1, -0.05) is 0 Å². The molecule has 1 rings (SSSR count). The third-order valence-corrected chi connectivity index (χ3v) is 1.21. The molecule has 1 heterocycles. The molecule has 0 amide bonds. The average Bonchev–Trinajstić information content (AvgIpc) is 2.34. The van der Waals surface area contributed by atoms with Crippen LogP contribution in [0, 0.1) is 0 Å². The molecule has 0 unspecified atom stereocenters. The zero-order chi connectivity index (χ0) is 6.53. The van der Waals surface area contributed by atoms with Crippen LogP contribution in [0.5, 0.6) is 0 Å². The van der Waals surface area contributed by atoms with Crippen LogP contribution >= 0.6 is 0 Å². The van der Waals surface area contributed by atoms with Gasteiger partial charge in [0.2, 0.25) is 0 Å². The van der Waals surface area contributed by atoms with Crippen LogP contribution < -0.4 is 0 Å². The van der Waals surface area contributed by atoms with E-state index >= 15 is 0 Å². The first-order valence-corrected chi connectivity index (χ1v) is 2.96. The Balaban J connectivity index is 2.20. The highest BCUT2D eigenvalue weighted by molar-refractivity contribution is 5.57. The van der Waals surface area contributed by atoms with E-state index in [-0.39, 0.29) is 0 Å². The molecule has 0 atom stereocenters. The van der Waals surface area contributed by atoms with E-state index in [0.29, 0.717) is 0 Å². The van der Waals surface area contributed by atoms with Crippen LogP contribution in [0.4, 0.5) is 0 Å². The van der Waals surface area contributed by atoms with Crippen LogP contribution in [0.1, 0.15) is 0 Å². The molecule has 3 nitrogen and oxygen atoms in total. The molecule has 0 aromatic heterocycles. The predicted octanol–water partition coefficient (Wildman–Crippen LogP) is 0.402. The smallest absolute Gasteiger partial charge is 0.0854 e. The van der Waals surface area contributed by atoms with Crippen molar-refractivity contribution < 1.29 is 5.11 Å². The van der Waals surface area contributed by atoms with Crippen LogP contribution in [-0.2, 0) is 0 Å². The maximum atomic E-state index is 8.27. The van der Waals surface area contributed by atoms with E-state index in [4.69, 9.17) is 5.11 Å². The SMILES string of the molecule is OC=CCN1C=NCC1. The highest BCUT2D eigenvalue weighted by Crippen LogP contribution is 1.91. The Labute approximate surface area is 54.3 Å². The van der Waals surface area contributed by atoms with Crippen LogP contribution in [0.2, 0.25) is 0 Å². The Hall–Kier alpha value is -0.990. The van der Waals surface area contributed by atoms with Gasteiger partial charge in [0.15, 0.2) is 0 Å². The molecule has 0 saturated heterocycles. The molecular formula is C6H10N2O. The normalized spacial score (nSPS) is 18.0. The van der Waals surface area contributed by atoms with Crippen molar-refractivity contribution in [2.45, 2.75) is 0 Å². The van der Waals surface area contributed by atoms with Crippen molar-refractivity contribution in [1.82, 2.24) is 4.90 Å². The van der Waals surface area contributed by atoms with E-state index in [1.807, 2.05) is 4.90 Å². The van der Waals surface area contributed by atoms with Crippen molar-refractivity contribution in [2.24, 2.45) is 4.99 Å². The minimum absolute atomic E-state index is 0.764. The minimum atomic E-state index is 0.764. The summed E-state index contributed by atoms with van der Waals surface area (Å²) in [7, 11) is 0. The van der Waals surface area contributed by atoms with Crippen molar-refractivity contribution in [3.05, 3.63) is 12.3 Å². The van der Waals surface area contributed by atoms with E-state index in [1.54, 1.807) is 12.4 Å². The summed E-state index contributed by atoms with van der Waals surface area (Å²) in [5.74, 6) is 0. The van der Waals surface area contributed by atoms with E-state index in [1.165, 1.54) is 0 Å². The maximum Gasteiger partial charge on any atom is 0.0854 e. The van der Waals surface area contributed by atoms with Crippen LogP contribution in [0.3, 0.4) is 0 Å². The summed E-state index contributed by atoms with van der Waals surface area (Å²) in [5, 5.41) is 8.27. The first kappa shape index (κ1) is 6.13. The maximum absolute atomic E-state index is 8.27. The molecule has 1 aliphatic rings. The third kappa shape index (κ3) is 1.76. The van der Waals surface area contributed by atoms with Crippen molar-refractivity contribution in [3.63, 3.8) is 0 Å². The number of hydrogen-bond donors (Lipinski definition) is 1. The van der Waals surface area contributed by atoms with Gasteiger partial charge in [-0.2, -0.15) is 0 Å². The minimum Gasteiger partial charge on any atom is -0.516 e. The fraction of sp³-hybridized carbons (Fsp3) is 0.500. The van der Waals surface area contributed by atoms with Crippen molar-refractivity contribution in [2.75, 3.05) is 19.6 Å². The molecule has 50 valence electrons. The number of aliphatic hydroxyl groups excluding tert-OH is 1. The van der Waals surface area contributed by atoms with Crippen molar-refractivity contribution in [3.8, 4) is 0 Å². The number of aliphatic imine (C=N–C) groups is 1. The third-order valence-electron chi connectivity index (χ3n) is 1.21. The summed E-state index contributed by atoms with van der Waals surface area (Å²) in [6.45, 7) is 2.63. The lowest BCUT2D eigenvalue weighted by atomic mass is 10.5. The van der Waals surface area contributed by atoms with Crippen LogP contribution in [-0.4, -0.2) is 36.0 Å². The zero-order valence-electron chi connectivity index (χ0n) is 5.20.